The molecule has 0 amide bonds. The van der Waals surface area contributed by atoms with Crippen LogP contribution in [-0.2, 0) is 12.8 Å². The molecule has 0 aliphatic carbocycles. The van der Waals surface area contributed by atoms with E-state index in [1.54, 1.807) is 26.2 Å². The summed E-state index contributed by atoms with van der Waals surface area (Å²) in [5.41, 5.74) is 3.45. The molecule has 0 radical (unpaired) electrons. The predicted molar refractivity (Wildman–Crippen MR) is 87.6 cm³/mol. The summed E-state index contributed by atoms with van der Waals surface area (Å²) in [7, 11) is 1.55. The van der Waals surface area contributed by atoms with E-state index in [9.17, 15) is 15.0 Å². The van der Waals surface area contributed by atoms with E-state index in [2.05, 4.69) is 6.58 Å². The monoisotopic (exact) mass is 304 g/mol. The Labute approximate surface area is 131 Å². The molecule has 0 aromatic heterocycles. The second-order valence-corrected chi connectivity index (χ2v) is 5.68. The van der Waals surface area contributed by atoms with Crippen LogP contribution in [0.4, 0.5) is 0 Å². The lowest BCUT2D eigenvalue weighted by molar-refractivity contribution is 0.0696. The number of carboxylic acids is 1. The van der Waals surface area contributed by atoms with Gasteiger partial charge in [0.1, 0.15) is 5.75 Å². The molecule has 1 atom stereocenters. The fourth-order valence-corrected chi connectivity index (χ4v) is 2.14. The average Bonchev–Trinajstić information content (AvgIpc) is 2.44. The van der Waals surface area contributed by atoms with Crippen LogP contribution in [0.2, 0.25) is 0 Å². The summed E-state index contributed by atoms with van der Waals surface area (Å²) in [5, 5.41) is 19.3. The highest BCUT2D eigenvalue weighted by Gasteiger charge is 2.17. The van der Waals surface area contributed by atoms with Gasteiger partial charge in [-0.05, 0) is 50.5 Å². The van der Waals surface area contributed by atoms with E-state index in [1.807, 2.05) is 19.9 Å². The van der Waals surface area contributed by atoms with Gasteiger partial charge in [0.05, 0.1) is 18.8 Å². The molecule has 1 rings (SSSR count). The maximum absolute atomic E-state index is 11.3. The molecule has 0 fully saturated rings. The summed E-state index contributed by atoms with van der Waals surface area (Å²) in [6.45, 7) is 9.44. The molecule has 120 valence electrons. The minimum Gasteiger partial charge on any atom is -0.496 e. The first kappa shape index (κ1) is 18.0. The molecule has 0 saturated heterocycles. The summed E-state index contributed by atoms with van der Waals surface area (Å²) < 4.78 is 5.46. The van der Waals surface area contributed by atoms with E-state index < -0.39 is 12.1 Å². The van der Waals surface area contributed by atoms with Gasteiger partial charge in [0, 0.05) is 6.42 Å². The Hall–Kier alpha value is -2.07. The van der Waals surface area contributed by atoms with Crippen LogP contribution in [0.5, 0.6) is 5.75 Å². The van der Waals surface area contributed by atoms with Gasteiger partial charge < -0.3 is 14.9 Å². The van der Waals surface area contributed by atoms with Crippen LogP contribution in [0, 0.1) is 0 Å². The molecule has 4 nitrogen and oxygen atoms in total. The lowest BCUT2D eigenvalue weighted by Crippen LogP contribution is -2.13. The van der Waals surface area contributed by atoms with Crippen molar-refractivity contribution in [2.75, 3.05) is 7.11 Å². The summed E-state index contributed by atoms with van der Waals surface area (Å²) in [6.07, 6.45) is 2.15. The Morgan fingerprint density at radius 1 is 1.32 bits per heavy atom. The number of benzene rings is 1. The molecule has 0 aliphatic rings. The molecule has 22 heavy (non-hydrogen) atoms. The third kappa shape index (κ3) is 4.74. The normalized spacial score (nSPS) is 11.7. The first-order valence-corrected chi connectivity index (χ1v) is 7.16. The number of aliphatic hydroxyl groups is 1. The highest BCUT2D eigenvalue weighted by atomic mass is 16.5. The average molecular weight is 304 g/mol. The number of carbonyl (C=O) groups is 1. The molecule has 0 spiro atoms. The number of ether oxygens (including phenoxy) is 1. The van der Waals surface area contributed by atoms with Gasteiger partial charge in [0.15, 0.2) is 0 Å². The lowest BCUT2D eigenvalue weighted by Gasteiger charge is -2.17. The zero-order valence-electron chi connectivity index (χ0n) is 13.6. The molecule has 0 aliphatic heterocycles. The first-order valence-electron chi connectivity index (χ1n) is 7.16. The number of carboxylic acid groups (broad SMARTS) is 1. The molecule has 1 aromatic rings. The minimum atomic E-state index is -0.993. The van der Waals surface area contributed by atoms with Crippen molar-refractivity contribution in [2.45, 2.75) is 39.7 Å². The third-order valence-corrected chi connectivity index (χ3v) is 3.41. The zero-order valence-corrected chi connectivity index (χ0v) is 13.6. The van der Waals surface area contributed by atoms with E-state index in [0.717, 1.165) is 11.1 Å². The van der Waals surface area contributed by atoms with Gasteiger partial charge >= 0.3 is 5.97 Å². The van der Waals surface area contributed by atoms with Crippen LogP contribution in [0.15, 0.2) is 35.9 Å². The number of aliphatic hydroxyl groups excluding tert-OH is 1. The van der Waals surface area contributed by atoms with Crippen molar-refractivity contribution in [1.82, 2.24) is 0 Å². The van der Waals surface area contributed by atoms with E-state index in [0.29, 0.717) is 23.3 Å². The third-order valence-electron chi connectivity index (χ3n) is 3.41. The van der Waals surface area contributed by atoms with Crippen LogP contribution in [0.3, 0.4) is 0 Å². The van der Waals surface area contributed by atoms with E-state index >= 15 is 0 Å². The van der Waals surface area contributed by atoms with Crippen molar-refractivity contribution in [2.24, 2.45) is 0 Å². The smallest absolute Gasteiger partial charge is 0.335 e. The standard InChI is InChI=1S/C18H24O4/c1-11(2)6-7-13-8-15(18(20)21)9-14(17(13)22-5)10-16(19)12(3)4/h6,8-9,16,19H,3,7,10H2,1-2,4-5H3,(H,20,21)/t16-/m1/s1. The topological polar surface area (TPSA) is 66.8 Å². The van der Waals surface area contributed by atoms with Gasteiger partial charge in [-0.25, -0.2) is 4.79 Å². The van der Waals surface area contributed by atoms with Crippen molar-refractivity contribution >= 4 is 5.97 Å². The Bertz CT molecular complexity index is 595. The molecule has 4 heteroatoms. The van der Waals surface area contributed by atoms with Gasteiger partial charge in [-0.1, -0.05) is 23.8 Å². The lowest BCUT2D eigenvalue weighted by atomic mass is 9.95. The summed E-state index contributed by atoms with van der Waals surface area (Å²) in [5.74, 6) is -0.366. The second-order valence-electron chi connectivity index (χ2n) is 5.68. The Morgan fingerprint density at radius 3 is 2.36 bits per heavy atom. The van der Waals surface area contributed by atoms with Gasteiger partial charge in [-0.2, -0.15) is 0 Å². The van der Waals surface area contributed by atoms with Crippen LogP contribution >= 0.6 is 0 Å². The summed E-state index contributed by atoms with van der Waals surface area (Å²) in [4.78, 5) is 11.3. The van der Waals surface area contributed by atoms with E-state index in [-0.39, 0.29) is 12.0 Å². The number of aromatic carboxylic acids is 1. The Kier molecular flexibility index (Phi) is 6.38. The molecule has 0 saturated carbocycles. The van der Waals surface area contributed by atoms with Crippen molar-refractivity contribution in [1.29, 1.82) is 0 Å². The largest absolute Gasteiger partial charge is 0.496 e. The van der Waals surface area contributed by atoms with Crippen LogP contribution in [0.1, 0.15) is 42.3 Å². The zero-order chi connectivity index (χ0) is 16.9. The highest BCUT2D eigenvalue weighted by Crippen LogP contribution is 2.29. The quantitative estimate of drug-likeness (QED) is 0.758. The number of allylic oxidation sites excluding steroid dienone is 2. The van der Waals surface area contributed by atoms with Crippen molar-refractivity contribution in [3.05, 3.63) is 52.6 Å². The van der Waals surface area contributed by atoms with Crippen molar-refractivity contribution < 1.29 is 19.7 Å². The van der Waals surface area contributed by atoms with Gasteiger partial charge in [-0.3, -0.25) is 0 Å². The molecular weight excluding hydrogens is 280 g/mol. The highest BCUT2D eigenvalue weighted by molar-refractivity contribution is 5.88. The Balaban J connectivity index is 3.35. The fourth-order valence-electron chi connectivity index (χ4n) is 2.14. The molecule has 0 unspecified atom stereocenters. The van der Waals surface area contributed by atoms with Crippen LogP contribution < -0.4 is 4.74 Å². The predicted octanol–water partition coefficient (Wildman–Crippen LogP) is 3.38. The van der Waals surface area contributed by atoms with E-state index in [1.165, 1.54) is 0 Å². The van der Waals surface area contributed by atoms with Crippen LogP contribution in [-0.4, -0.2) is 29.4 Å². The summed E-state index contributed by atoms with van der Waals surface area (Å²) >= 11 is 0. The molecule has 0 heterocycles. The van der Waals surface area contributed by atoms with Crippen LogP contribution in [0.25, 0.3) is 0 Å². The van der Waals surface area contributed by atoms with Gasteiger partial charge in [-0.15, -0.1) is 0 Å². The minimum absolute atomic E-state index is 0.196. The summed E-state index contributed by atoms with van der Waals surface area (Å²) in [6, 6.07) is 3.18. The van der Waals surface area contributed by atoms with Crippen molar-refractivity contribution in [3.63, 3.8) is 0 Å². The molecular formula is C18H24O4. The van der Waals surface area contributed by atoms with Crippen molar-refractivity contribution in [3.8, 4) is 5.75 Å². The maximum atomic E-state index is 11.3. The fraction of sp³-hybridized carbons (Fsp3) is 0.389. The first-order chi connectivity index (χ1) is 10.3. The second kappa shape index (κ2) is 7.80. The maximum Gasteiger partial charge on any atom is 0.335 e. The molecule has 1 aromatic carbocycles. The number of hydrogen-bond acceptors (Lipinski definition) is 3. The van der Waals surface area contributed by atoms with Gasteiger partial charge in [0.25, 0.3) is 0 Å². The Morgan fingerprint density at radius 2 is 1.91 bits per heavy atom. The SMILES string of the molecule is C=C(C)[C@H](O)Cc1cc(C(=O)O)cc(CC=C(C)C)c1OC. The number of methoxy groups -OCH3 is 1. The van der Waals surface area contributed by atoms with E-state index in [4.69, 9.17) is 4.74 Å². The molecule has 0 bridgehead atoms. The molecule has 2 N–H and O–H groups in total. The number of hydrogen-bond donors (Lipinski definition) is 2. The number of rotatable bonds is 7. The van der Waals surface area contributed by atoms with Gasteiger partial charge in [0.2, 0.25) is 0 Å².